The molecule has 0 aliphatic carbocycles. The summed E-state index contributed by atoms with van der Waals surface area (Å²) < 4.78 is 44.3. The Kier molecular flexibility index (Phi) is 3.78. The van der Waals surface area contributed by atoms with Gasteiger partial charge in [-0.1, -0.05) is 11.6 Å². The molecule has 0 amide bonds. The monoisotopic (exact) mass is 304 g/mol. The van der Waals surface area contributed by atoms with Crippen LogP contribution in [0.4, 0.5) is 8.78 Å². The van der Waals surface area contributed by atoms with E-state index >= 15 is 0 Å². The first-order valence-corrected chi connectivity index (χ1v) is 6.55. The van der Waals surface area contributed by atoms with Crippen LogP contribution in [0.3, 0.4) is 0 Å². The Morgan fingerprint density at radius 2 is 1.60 bits per heavy atom. The van der Waals surface area contributed by atoms with Crippen molar-refractivity contribution in [3.05, 3.63) is 22.7 Å². The molecule has 0 unspecified atom stereocenters. The first-order chi connectivity index (χ1) is 9.10. The van der Waals surface area contributed by atoms with Gasteiger partial charge in [0.1, 0.15) is 5.75 Å². The summed E-state index contributed by atoms with van der Waals surface area (Å²) in [5, 5.41) is -0.348. The van der Waals surface area contributed by atoms with E-state index in [-0.39, 0.29) is 16.2 Å². The molecule has 1 aliphatic rings. The molecule has 0 radical (unpaired) electrons. The van der Waals surface area contributed by atoms with Crippen LogP contribution in [0.5, 0.6) is 5.75 Å². The van der Waals surface area contributed by atoms with Gasteiger partial charge in [-0.05, 0) is 27.7 Å². The predicted octanol–water partition coefficient (Wildman–Crippen LogP) is 2.93. The summed E-state index contributed by atoms with van der Waals surface area (Å²) in [6.45, 7) is 7.29. The summed E-state index contributed by atoms with van der Waals surface area (Å²) >= 11 is 5.61. The van der Waals surface area contributed by atoms with E-state index < -0.39 is 30.0 Å². The minimum Gasteiger partial charge on any atom is -0.497 e. The van der Waals surface area contributed by atoms with Crippen LogP contribution in [-0.4, -0.2) is 25.4 Å². The number of benzene rings is 1. The van der Waals surface area contributed by atoms with Crippen LogP contribution < -0.4 is 10.2 Å². The van der Waals surface area contributed by atoms with E-state index in [4.69, 9.17) is 25.6 Å². The normalized spacial score (nSPS) is 20.3. The number of halogens is 3. The van der Waals surface area contributed by atoms with Gasteiger partial charge in [0.25, 0.3) is 0 Å². The Balaban J connectivity index is 2.52. The Bertz CT molecular complexity index is 533. The molecule has 0 spiro atoms. The van der Waals surface area contributed by atoms with Gasteiger partial charge in [-0.25, -0.2) is 8.78 Å². The van der Waals surface area contributed by atoms with Gasteiger partial charge in [0.05, 0.1) is 28.8 Å². The van der Waals surface area contributed by atoms with E-state index in [9.17, 15) is 8.78 Å². The molecule has 1 aromatic carbocycles. The summed E-state index contributed by atoms with van der Waals surface area (Å²) in [6, 6.07) is 1.21. The highest BCUT2D eigenvalue weighted by Crippen LogP contribution is 2.38. The van der Waals surface area contributed by atoms with Crippen LogP contribution in [-0.2, 0) is 9.31 Å². The molecule has 3 nitrogen and oxygen atoms in total. The molecule has 0 bridgehead atoms. The van der Waals surface area contributed by atoms with Gasteiger partial charge in [0, 0.05) is 6.07 Å². The minimum atomic E-state index is -1.14. The molecular weight excluding hydrogens is 288 g/mol. The third-order valence-corrected chi connectivity index (χ3v) is 4.15. The van der Waals surface area contributed by atoms with E-state index in [1.54, 1.807) is 0 Å². The standard InChI is InChI=1S/C13H16BClF2O3/c1-12(2)13(3,4)20-14(19-12)9-8(18-5)6-7(15)10(16)11(9)17/h6H,1-5H3. The van der Waals surface area contributed by atoms with Crippen LogP contribution in [0.1, 0.15) is 27.7 Å². The number of methoxy groups -OCH3 is 1. The molecule has 1 heterocycles. The maximum atomic E-state index is 14.2. The van der Waals surface area contributed by atoms with Gasteiger partial charge in [-0.3, -0.25) is 0 Å². The summed E-state index contributed by atoms with van der Waals surface area (Å²) in [6.07, 6.45) is 0. The SMILES string of the molecule is COc1cc(Cl)c(F)c(F)c1B1OC(C)(C)C(C)(C)O1. The lowest BCUT2D eigenvalue weighted by molar-refractivity contribution is 0.00578. The molecule has 1 fully saturated rings. The highest BCUT2D eigenvalue weighted by atomic mass is 35.5. The lowest BCUT2D eigenvalue weighted by atomic mass is 9.77. The zero-order valence-electron chi connectivity index (χ0n) is 12.0. The fraction of sp³-hybridized carbons (Fsp3) is 0.538. The van der Waals surface area contributed by atoms with Crippen molar-refractivity contribution in [2.24, 2.45) is 0 Å². The van der Waals surface area contributed by atoms with Crippen LogP contribution in [0.15, 0.2) is 6.07 Å². The Morgan fingerprint density at radius 1 is 1.10 bits per heavy atom. The number of ether oxygens (including phenoxy) is 1. The second-order valence-electron chi connectivity index (χ2n) is 5.69. The third-order valence-electron chi connectivity index (χ3n) is 3.87. The van der Waals surface area contributed by atoms with Crippen molar-refractivity contribution >= 4 is 24.2 Å². The molecule has 0 N–H and O–H groups in total. The third kappa shape index (κ3) is 2.30. The van der Waals surface area contributed by atoms with E-state index in [0.29, 0.717) is 0 Å². The topological polar surface area (TPSA) is 27.7 Å². The van der Waals surface area contributed by atoms with Gasteiger partial charge < -0.3 is 14.0 Å². The quantitative estimate of drug-likeness (QED) is 0.621. The van der Waals surface area contributed by atoms with Gasteiger partial charge >= 0.3 is 7.12 Å². The molecule has 2 rings (SSSR count). The van der Waals surface area contributed by atoms with E-state index in [1.807, 2.05) is 27.7 Å². The maximum Gasteiger partial charge on any atom is 0.501 e. The smallest absolute Gasteiger partial charge is 0.497 e. The fourth-order valence-electron chi connectivity index (χ4n) is 1.94. The lowest BCUT2D eigenvalue weighted by Crippen LogP contribution is -2.41. The van der Waals surface area contributed by atoms with Crippen molar-refractivity contribution in [3.8, 4) is 5.75 Å². The second kappa shape index (κ2) is 4.86. The molecule has 7 heteroatoms. The first-order valence-electron chi connectivity index (χ1n) is 6.17. The zero-order valence-corrected chi connectivity index (χ0v) is 12.8. The van der Waals surface area contributed by atoms with Crippen molar-refractivity contribution in [2.45, 2.75) is 38.9 Å². The van der Waals surface area contributed by atoms with Crippen LogP contribution >= 0.6 is 11.6 Å². The van der Waals surface area contributed by atoms with Crippen molar-refractivity contribution < 1.29 is 22.8 Å². The summed E-state index contributed by atoms with van der Waals surface area (Å²) in [5.41, 5.74) is -1.44. The van der Waals surface area contributed by atoms with Crippen molar-refractivity contribution in [2.75, 3.05) is 7.11 Å². The predicted molar refractivity (Wildman–Crippen MR) is 73.6 cm³/mol. The van der Waals surface area contributed by atoms with Gasteiger partial charge in [-0.15, -0.1) is 0 Å². The van der Waals surface area contributed by atoms with Gasteiger partial charge in [0.15, 0.2) is 11.6 Å². The molecule has 1 aromatic rings. The van der Waals surface area contributed by atoms with Crippen LogP contribution in [0.2, 0.25) is 5.02 Å². The molecule has 0 atom stereocenters. The highest BCUT2D eigenvalue weighted by molar-refractivity contribution is 6.63. The summed E-state index contributed by atoms with van der Waals surface area (Å²) in [5.74, 6) is -2.17. The van der Waals surface area contributed by atoms with Crippen molar-refractivity contribution in [1.29, 1.82) is 0 Å². The van der Waals surface area contributed by atoms with E-state index in [1.165, 1.54) is 13.2 Å². The highest BCUT2D eigenvalue weighted by Gasteiger charge is 2.53. The summed E-state index contributed by atoms with van der Waals surface area (Å²) in [4.78, 5) is 0. The number of hydrogen-bond donors (Lipinski definition) is 0. The molecule has 1 saturated heterocycles. The molecule has 0 aromatic heterocycles. The largest absolute Gasteiger partial charge is 0.501 e. The Labute approximate surface area is 122 Å². The Morgan fingerprint density at radius 3 is 2.05 bits per heavy atom. The first kappa shape index (κ1) is 15.5. The van der Waals surface area contributed by atoms with Gasteiger partial charge in [-0.2, -0.15) is 0 Å². The zero-order chi connectivity index (χ0) is 15.3. The minimum absolute atomic E-state index is 0.0902. The van der Waals surface area contributed by atoms with Crippen molar-refractivity contribution in [3.63, 3.8) is 0 Å². The fourth-order valence-corrected chi connectivity index (χ4v) is 2.12. The van der Waals surface area contributed by atoms with E-state index in [0.717, 1.165) is 0 Å². The van der Waals surface area contributed by atoms with Crippen LogP contribution in [0, 0.1) is 11.6 Å². The number of rotatable bonds is 2. The van der Waals surface area contributed by atoms with Crippen LogP contribution in [0.25, 0.3) is 0 Å². The average molecular weight is 305 g/mol. The molecule has 1 aliphatic heterocycles. The van der Waals surface area contributed by atoms with Crippen molar-refractivity contribution in [1.82, 2.24) is 0 Å². The number of hydrogen-bond acceptors (Lipinski definition) is 3. The Hall–Kier alpha value is -0.845. The second-order valence-corrected chi connectivity index (χ2v) is 6.10. The molecule has 20 heavy (non-hydrogen) atoms. The van der Waals surface area contributed by atoms with E-state index in [2.05, 4.69) is 0 Å². The summed E-state index contributed by atoms with van der Waals surface area (Å²) in [7, 11) is 0.291. The average Bonchev–Trinajstić information content (AvgIpc) is 2.54. The molecule has 110 valence electrons. The maximum absolute atomic E-state index is 14.2. The lowest BCUT2D eigenvalue weighted by Gasteiger charge is -2.32. The molecule has 0 saturated carbocycles. The molecular formula is C13H16BClF2O3. The van der Waals surface area contributed by atoms with Gasteiger partial charge in [0.2, 0.25) is 0 Å².